The fraction of sp³-hybridized carbons (Fsp3) is 0.250. The van der Waals surface area contributed by atoms with Gasteiger partial charge in [-0.3, -0.25) is 9.69 Å². The van der Waals surface area contributed by atoms with Gasteiger partial charge in [0.05, 0.1) is 12.2 Å². The topological polar surface area (TPSA) is 72.6 Å². The standard InChI is InChI=1S/C16H15N5O2/c1-10-9-20(12-5-3-6-18-15(12)23-10)16(22)13-11(2)19-21-8-4-7-17-14(13)21/h3-8,10H,9H2,1-2H3/t10-/m1/s1. The van der Waals surface area contributed by atoms with Crippen LogP contribution in [0.5, 0.6) is 5.88 Å². The Hall–Kier alpha value is -2.96. The Morgan fingerprint density at radius 3 is 3.00 bits per heavy atom. The Labute approximate surface area is 132 Å². The number of carbonyl (C=O) groups excluding carboxylic acids is 1. The highest BCUT2D eigenvalue weighted by Crippen LogP contribution is 2.32. The molecule has 7 heteroatoms. The monoisotopic (exact) mass is 309 g/mol. The first-order chi connectivity index (χ1) is 11.1. The molecule has 0 unspecified atom stereocenters. The van der Waals surface area contributed by atoms with Crippen LogP contribution in [0.1, 0.15) is 23.0 Å². The van der Waals surface area contributed by atoms with Crippen LogP contribution >= 0.6 is 0 Å². The summed E-state index contributed by atoms with van der Waals surface area (Å²) in [5, 5.41) is 4.36. The van der Waals surface area contributed by atoms with Crippen molar-refractivity contribution in [2.24, 2.45) is 0 Å². The van der Waals surface area contributed by atoms with Gasteiger partial charge in [0.1, 0.15) is 17.4 Å². The maximum absolute atomic E-state index is 13.2. The highest BCUT2D eigenvalue weighted by molar-refractivity contribution is 6.11. The molecule has 4 heterocycles. The molecule has 4 rings (SSSR count). The van der Waals surface area contributed by atoms with E-state index in [-0.39, 0.29) is 12.0 Å². The maximum Gasteiger partial charge on any atom is 0.264 e. The quantitative estimate of drug-likeness (QED) is 0.686. The van der Waals surface area contributed by atoms with Crippen molar-refractivity contribution in [3.63, 3.8) is 0 Å². The van der Waals surface area contributed by atoms with Crippen LogP contribution in [0.15, 0.2) is 36.8 Å². The molecule has 0 saturated heterocycles. The zero-order valence-electron chi connectivity index (χ0n) is 12.8. The van der Waals surface area contributed by atoms with Gasteiger partial charge in [-0.15, -0.1) is 0 Å². The van der Waals surface area contributed by atoms with E-state index in [1.807, 2.05) is 19.9 Å². The molecule has 0 saturated carbocycles. The molecule has 23 heavy (non-hydrogen) atoms. The molecule has 116 valence electrons. The fourth-order valence-corrected chi connectivity index (χ4v) is 2.84. The lowest BCUT2D eigenvalue weighted by molar-refractivity contribution is 0.0959. The van der Waals surface area contributed by atoms with Crippen molar-refractivity contribution in [3.8, 4) is 5.88 Å². The summed E-state index contributed by atoms with van der Waals surface area (Å²) in [5.41, 5.74) is 2.39. The Morgan fingerprint density at radius 1 is 1.30 bits per heavy atom. The van der Waals surface area contributed by atoms with Crippen LogP contribution in [0.4, 0.5) is 5.69 Å². The van der Waals surface area contributed by atoms with E-state index in [1.54, 1.807) is 40.1 Å². The second-order valence-corrected chi connectivity index (χ2v) is 5.52. The summed E-state index contributed by atoms with van der Waals surface area (Å²) in [7, 11) is 0. The van der Waals surface area contributed by atoms with Crippen LogP contribution in [-0.4, -0.2) is 38.1 Å². The molecule has 1 aliphatic rings. The summed E-state index contributed by atoms with van der Waals surface area (Å²) in [6.07, 6.45) is 4.96. The summed E-state index contributed by atoms with van der Waals surface area (Å²) >= 11 is 0. The van der Waals surface area contributed by atoms with Crippen molar-refractivity contribution < 1.29 is 9.53 Å². The number of nitrogens with zero attached hydrogens (tertiary/aromatic N) is 5. The van der Waals surface area contributed by atoms with Gasteiger partial charge in [0, 0.05) is 18.6 Å². The lowest BCUT2D eigenvalue weighted by atomic mass is 10.1. The number of carbonyl (C=O) groups is 1. The second kappa shape index (κ2) is 5.05. The first kappa shape index (κ1) is 13.7. The molecule has 0 N–H and O–H groups in total. The van der Waals surface area contributed by atoms with Crippen LogP contribution in [-0.2, 0) is 0 Å². The van der Waals surface area contributed by atoms with E-state index in [1.165, 1.54) is 0 Å². The minimum atomic E-state index is -0.138. The minimum absolute atomic E-state index is 0.128. The normalized spacial score (nSPS) is 17.0. The van der Waals surface area contributed by atoms with E-state index in [2.05, 4.69) is 15.1 Å². The average Bonchev–Trinajstić information content (AvgIpc) is 2.89. The van der Waals surface area contributed by atoms with Gasteiger partial charge >= 0.3 is 0 Å². The van der Waals surface area contributed by atoms with Gasteiger partial charge < -0.3 is 4.74 Å². The number of hydrogen-bond donors (Lipinski definition) is 0. The summed E-state index contributed by atoms with van der Waals surface area (Å²) < 4.78 is 7.33. The number of aromatic nitrogens is 4. The molecular weight excluding hydrogens is 294 g/mol. The van der Waals surface area contributed by atoms with E-state index < -0.39 is 0 Å². The molecule has 3 aromatic rings. The highest BCUT2D eigenvalue weighted by atomic mass is 16.5. The van der Waals surface area contributed by atoms with Gasteiger partial charge in [-0.05, 0) is 32.0 Å². The number of ether oxygens (including phenoxy) is 1. The fourth-order valence-electron chi connectivity index (χ4n) is 2.84. The molecule has 7 nitrogen and oxygen atoms in total. The molecule has 0 radical (unpaired) electrons. The smallest absolute Gasteiger partial charge is 0.264 e. The van der Waals surface area contributed by atoms with Crippen LogP contribution in [0.3, 0.4) is 0 Å². The summed E-state index contributed by atoms with van der Waals surface area (Å²) in [6, 6.07) is 5.41. The van der Waals surface area contributed by atoms with Crippen LogP contribution in [0, 0.1) is 6.92 Å². The Bertz CT molecular complexity index is 904. The SMILES string of the molecule is Cc1nn2cccnc2c1C(=O)N1C[C@@H](C)Oc2ncccc21. The first-order valence-corrected chi connectivity index (χ1v) is 7.38. The lowest BCUT2D eigenvalue weighted by Gasteiger charge is -2.32. The number of hydrogen-bond acceptors (Lipinski definition) is 5. The van der Waals surface area contributed by atoms with Crippen molar-refractivity contribution in [1.82, 2.24) is 19.6 Å². The summed E-state index contributed by atoms with van der Waals surface area (Å²) in [4.78, 5) is 23.4. The number of pyridine rings is 1. The molecule has 1 amide bonds. The van der Waals surface area contributed by atoms with Gasteiger partial charge in [0.25, 0.3) is 5.91 Å². The molecule has 0 bridgehead atoms. The van der Waals surface area contributed by atoms with Crippen molar-refractivity contribution in [1.29, 1.82) is 0 Å². The van der Waals surface area contributed by atoms with E-state index in [9.17, 15) is 4.79 Å². The van der Waals surface area contributed by atoms with Crippen molar-refractivity contribution >= 4 is 17.2 Å². The van der Waals surface area contributed by atoms with Gasteiger partial charge in [-0.1, -0.05) is 0 Å². The molecule has 1 atom stereocenters. The van der Waals surface area contributed by atoms with Crippen molar-refractivity contribution in [2.75, 3.05) is 11.4 Å². The van der Waals surface area contributed by atoms with Gasteiger partial charge in [-0.25, -0.2) is 14.5 Å². The average molecular weight is 309 g/mol. The number of anilines is 1. The number of aryl methyl sites for hydroxylation is 1. The summed E-state index contributed by atoms with van der Waals surface area (Å²) in [5.74, 6) is 0.335. The Morgan fingerprint density at radius 2 is 2.13 bits per heavy atom. The number of fused-ring (bicyclic) bond motifs is 2. The van der Waals surface area contributed by atoms with E-state index in [0.717, 1.165) is 0 Å². The molecule has 0 aromatic carbocycles. The third-order valence-corrected chi connectivity index (χ3v) is 3.82. The maximum atomic E-state index is 13.2. The second-order valence-electron chi connectivity index (χ2n) is 5.52. The van der Waals surface area contributed by atoms with Gasteiger partial charge in [-0.2, -0.15) is 5.10 Å². The predicted octanol–water partition coefficient (Wildman–Crippen LogP) is 1.86. The van der Waals surface area contributed by atoms with Crippen LogP contribution in [0.25, 0.3) is 5.65 Å². The Kier molecular flexibility index (Phi) is 3.00. The predicted molar refractivity (Wildman–Crippen MR) is 83.7 cm³/mol. The third-order valence-electron chi connectivity index (χ3n) is 3.82. The molecule has 0 spiro atoms. The van der Waals surface area contributed by atoms with Crippen LogP contribution < -0.4 is 9.64 Å². The lowest BCUT2D eigenvalue weighted by Crippen LogP contribution is -2.42. The zero-order chi connectivity index (χ0) is 16.0. The van der Waals surface area contributed by atoms with E-state index in [4.69, 9.17) is 4.74 Å². The largest absolute Gasteiger partial charge is 0.471 e. The molecule has 3 aromatic heterocycles. The first-order valence-electron chi connectivity index (χ1n) is 7.38. The van der Waals surface area contributed by atoms with Gasteiger partial charge in [0.2, 0.25) is 5.88 Å². The van der Waals surface area contributed by atoms with Crippen molar-refractivity contribution in [3.05, 3.63) is 48.0 Å². The summed E-state index contributed by atoms with van der Waals surface area (Å²) in [6.45, 7) is 4.19. The number of rotatable bonds is 1. The van der Waals surface area contributed by atoms with Crippen LogP contribution in [0.2, 0.25) is 0 Å². The number of amides is 1. The van der Waals surface area contributed by atoms with Crippen molar-refractivity contribution in [2.45, 2.75) is 20.0 Å². The third kappa shape index (κ3) is 2.12. The minimum Gasteiger partial charge on any atom is -0.471 e. The molecule has 1 aliphatic heterocycles. The zero-order valence-corrected chi connectivity index (χ0v) is 12.8. The van der Waals surface area contributed by atoms with E-state index in [0.29, 0.717) is 35.0 Å². The Balaban J connectivity index is 1.84. The highest BCUT2D eigenvalue weighted by Gasteiger charge is 2.32. The molecule has 0 fully saturated rings. The molecular formula is C16H15N5O2. The van der Waals surface area contributed by atoms with Gasteiger partial charge in [0.15, 0.2) is 5.65 Å². The van der Waals surface area contributed by atoms with E-state index >= 15 is 0 Å². The molecule has 0 aliphatic carbocycles.